The van der Waals surface area contributed by atoms with Gasteiger partial charge in [-0.05, 0) is 25.0 Å². The lowest BCUT2D eigenvalue weighted by Gasteiger charge is -2.12. The molecule has 148 valence electrons. The topological polar surface area (TPSA) is 97.3 Å². The second-order valence-electron chi connectivity index (χ2n) is 6.38. The molecule has 10 heteroatoms. The number of ether oxygens (including phenoxy) is 3. The van der Waals surface area contributed by atoms with Crippen LogP contribution in [0.25, 0.3) is 11.5 Å². The minimum atomic E-state index is 0.381. The van der Waals surface area contributed by atoms with Crippen molar-refractivity contribution >= 4 is 11.8 Å². The fraction of sp³-hybridized carbons (Fsp3) is 0.444. The molecule has 0 aliphatic heterocycles. The van der Waals surface area contributed by atoms with Crippen LogP contribution in [0.1, 0.15) is 30.5 Å². The summed E-state index contributed by atoms with van der Waals surface area (Å²) in [7, 11) is 6.68. The van der Waals surface area contributed by atoms with Crippen LogP contribution in [0, 0.1) is 0 Å². The molecular weight excluding hydrogens is 382 g/mol. The van der Waals surface area contributed by atoms with Gasteiger partial charge in [0.2, 0.25) is 17.5 Å². The first-order chi connectivity index (χ1) is 13.6. The van der Waals surface area contributed by atoms with E-state index in [1.807, 2.05) is 11.6 Å². The van der Waals surface area contributed by atoms with E-state index in [9.17, 15) is 0 Å². The summed E-state index contributed by atoms with van der Waals surface area (Å²) in [5.74, 6) is 4.56. The van der Waals surface area contributed by atoms with Crippen molar-refractivity contribution in [3.8, 4) is 28.7 Å². The Balaban J connectivity index is 1.51. The first-order valence-electron chi connectivity index (χ1n) is 8.79. The van der Waals surface area contributed by atoms with Gasteiger partial charge >= 0.3 is 0 Å². The Bertz CT molecular complexity index is 957. The predicted molar refractivity (Wildman–Crippen MR) is 102 cm³/mol. The van der Waals surface area contributed by atoms with Gasteiger partial charge in [-0.15, -0.1) is 20.4 Å². The smallest absolute Gasteiger partial charge is 0.248 e. The van der Waals surface area contributed by atoms with E-state index >= 15 is 0 Å². The third kappa shape index (κ3) is 3.51. The molecule has 0 amide bonds. The van der Waals surface area contributed by atoms with Crippen LogP contribution >= 0.6 is 11.8 Å². The average Bonchev–Trinajstić information content (AvgIpc) is 3.33. The van der Waals surface area contributed by atoms with Gasteiger partial charge in [-0.1, -0.05) is 11.8 Å². The van der Waals surface area contributed by atoms with Crippen LogP contribution in [-0.4, -0.2) is 46.3 Å². The monoisotopic (exact) mass is 403 g/mol. The highest BCUT2D eigenvalue weighted by molar-refractivity contribution is 7.98. The van der Waals surface area contributed by atoms with E-state index in [1.165, 1.54) is 24.6 Å². The number of thioether (sulfide) groups is 1. The van der Waals surface area contributed by atoms with Crippen molar-refractivity contribution in [3.05, 3.63) is 23.8 Å². The molecule has 2 heterocycles. The lowest BCUT2D eigenvalue weighted by molar-refractivity contribution is 0.324. The summed E-state index contributed by atoms with van der Waals surface area (Å²) in [4.78, 5) is 0. The Morgan fingerprint density at radius 1 is 1.04 bits per heavy atom. The lowest BCUT2D eigenvalue weighted by Crippen LogP contribution is -1.97. The first kappa shape index (κ1) is 18.6. The molecular formula is C18H21N5O4S. The Morgan fingerprint density at radius 3 is 2.36 bits per heavy atom. The van der Waals surface area contributed by atoms with Crippen LogP contribution in [0.4, 0.5) is 0 Å². The summed E-state index contributed by atoms with van der Waals surface area (Å²) in [5.41, 5.74) is 0.688. The van der Waals surface area contributed by atoms with Gasteiger partial charge in [0.25, 0.3) is 0 Å². The Kier molecular flexibility index (Phi) is 5.12. The standard InChI is InChI=1S/C18H21N5O4S/c1-23-16(10-5-6-10)20-22-18(23)28-9-14-19-21-17(27-14)11-7-12(24-2)15(26-4)13(8-11)25-3/h7-8,10H,5-6,9H2,1-4H3. The highest BCUT2D eigenvalue weighted by Crippen LogP contribution is 2.41. The molecule has 1 aliphatic carbocycles. The van der Waals surface area contributed by atoms with Crippen molar-refractivity contribution < 1.29 is 18.6 Å². The molecule has 1 fully saturated rings. The zero-order chi connectivity index (χ0) is 19.7. The van der Waals surface area contributed by atoms with Gasteiger partial charge in [0.15, 0.2) is 16.7 Å². The lowest BCUT2D eigenvalue weighted by atomic mass is 10.2. The first-order valence-corrected chi connectivity index (χ1v) is 9.78. The van der Waals surface area contributed by atoms with Crippen LogP contribution in [-0.2, 0) is 12.8 Å². The molecule has 0 N–H and O–H groups in total. The van der Waals surface area contributed by atoms with Crippen molar-refractivity contribution in [2.75, 3.05) is 21.3 Å². The number of hydrogen-bond acceptors (Lipinski definition) is 9. The molecule has 0 spiro atoms. The second-order valence-corrected chi connectivity index (χ2v) is 7.32. The molecule has 9 nitrogen and oxygen atoms in total. The number of benzene rings is 1. The number of aromatic nitrogens is 5. The Morgan fingerprint density at radius 2 is 1.75 bits per heavy atom. The van der Waals surface area contributed by atoms with Gasteiger partial charge < -0.3 is 23.2 Å². The maximum atomic E-state index is 5.82. The van der Waals surface area contributed by atoms with E-state index in [4.69, 9.17) is 18.6 Å². The highest BCUT2D eigenvalue weighted by atomic mass is 32.2. The SMILES string of the molecule is COc1cc(-c2nnc(CSc3nnc(C4CC4)n3C)o2)cc(OC)c1OC. The van der Waals surface area contributed by atoms with Gasteiger partial charge in [-0.25, -0.2) is 0 Å². The zero-order valence-corrected chi connectivity index (χ0v) is 16.9. The fourth-order valence-electron chi connectivity index (χ4n) is 2.91. The predicted octanol–water partition coefficient (Wildman–Crippen LogP) is 3.06. The van der Waals surface area contributed by atoms with E-state index in [1.54, 1.807) is 33.5 Å². The van der Waals surface area contributed by atoms with Gasteiger partial charge in [0, 0.05) is 18.5 Å². The third-order valence-corrected chi connectivity index (χ3v) is 5.52. The number of nitrogens with zero attached hydrogens (tertiary/aromatic N) is 5. The largest absolute Gasteiger partial charge is 0.493 e. The molecule has 3 aromatic rings. The van der Waals surface area contributed by atoms with Crippen LogP contribution in [0.5, 0.6) is 17.2 Å². The Labute approximate surface area is 166 Å². The number of methoxy groups -OCH3 is 3. The van der Waals surface area contributed by atoms with Crippen LogP contribution in [0.15, 0.2) is 21.7 Å². The minimum absolute atomic E-state index is 0.381. The molecule has 0 radical (unpaired) electrons. The quantitative estimate of drug-likeness (QED) is 0.526. The molecule has 0 unspecified atom stereocenters. The zero-order valence-electron chi connectivity index (χ0n) is 16.1. The maximum Gasteiger partial charge on any atom is 0.248 e. The van der Waals surface area contributed by atoms with Crippen molar-refractivity contribution in [2.24, 2.45) is 7.05 Å². The average molecular weight is 403 g/mol. The van der Waals surface area contributed by atoms with Crippen molar-refractivity contribution in [1.82, 2.24) is 25.0 Å². The van der Waals surface area contributed by atoms with Crippen molar-refractivity contribution in [3.63, 3.8) is 0 Å². The maximum absolute atomic E-state index is 5.82. The normalized spacial score (nSPS) is 13.6. The molecule has 1 aliphatic rings. The van der Waals surface area contributed by atoms with E-state index in [0.717, 1.165) is 11.0 Å². The van der Waals surface area contributed by atoms with Crippen LogP contribution in [0.2, 0.25) is 0 Å². The van der Waals surface area contributed by atoms with E-state index in [-0.39, 0.29) is 0 Å². The summed E-state index contributed by atoms with van der Waals surface area (Å²) in [6, 6.07) is 3.55. The molecule has 0 saturated heterocycles. The minimum Gasteiger partial charge on any atom is -0.493 e. The Hall–Kier alpha value is -2.75. The molecule has 28 heavy (non-hydrogen) atoms. The summed E-state index contributed by atoms with van der Waals surface area (Å²) >= 11 is 1.52. The van der Waals surface area contributed by atoms with E-state index in [2.05, 4.69) is 20.4 Å². The van der Waals surface area contributed by atoms with Crippen LogP contribution < -0.4 is 14.2 Å². The van der Waals surface area contributed by atoms with Crippen LogP contribution in [0.3, 0.4) is 0 Å². The van der Waals surface area contributed by atoms with Crippen molar-refractivity contribution in [2.45, 2.75) is 29.7 Å². The molecule has 0 bridgehead atoms. The molecule has 4 rings (SSSR count). The molecule has 1 saturated carbocycles. The summed E-state index contributed by atoms with van der Waals surface area (Å²) in [6.45, 7) is 0. The van der Waals surface area contributed by atoms with Gasteiger partial charge in [0.05, 0.1) is 27.1 Å². The van der Waals surface area contributed by atoms with Gasteiger partial charge in [-0.3, -0.25) is 0 Å². The third-order valence-electron chi connectivity index (χ3n) is 4.51. The van der Waals surface area contributed by atoms with Gasteiger partial charge in [-0.2, -0.15) is 0 Å². The summed E-state index contributed by atoms with van der Waals surface area (Å²) < 4.78 is 24.0. The summed E-state index contributed by atoms with van der Waals surface area (Å²) in [5, 5.41) is 17.7. The molecule has 0 atom stereocenters. The van der Waals surface area contributed by atoms with E-state index in [0.29, 0.717) is 46.3 Å². The molecule has 2 aromatic heterocycles. The summed E-state index contributed by atoms with van der Waals surface area (Å²) in [6.07, 6.45) is 2.39. The van der Waals surface area contributed by atoms with Gasteiger partial charge in [0.1, 0.15) is 5.82 Å². The second kappa shape index (κ2) is 7.70. The number of rotatable bonds is 8. The number of hydrogen-bond donors (Lipinski definition) is 0. The molecule has 1 aromatic carbocycles. The highest BCUT2D eigenvalue weighted by Gasteiger charge is 2.29. The van der Waals surface area contributed by atoms with E-state index < -0.39 is 0 Å². The fourth-order valence-corrected chi connectivity index (χ4v) is 3.66. The van der Waals surface area contributed by atoms with Crippen molar-refractivity contribution in [1.29, 1.82) is 0 Å².